The molecule has 1 aromatic heterocycles. The largest absolute Gasteiger partial charge is 0.496 e. The number of hydrogen-bond donors (Lipinski definition) is 2. The number of ether oxygens (including phenoxy) is 1. The Bertz CT molecular complexity index is 906. The average molecular weight is 370 g/mol. The number of amides is 2. The van der Waals surface area contributed by atoms with Crippen LogP contribution in [-0.4, -0.2) is 29.4 Å². The van der Waals surface area contributed by atoms with Crippen LogP contribution >= 0.6 is 0 Å². The van der Waals surface area contributed by atoms with E-state index in [2.05, 4.69) is 15.6 Å². The molecule has 140 valence electrons. The minimum Gasteiger partial charge on any atom is -0.496 e. The molecule has 2 aromatic rings. The molecule has 0 aliphatic heterocycles. The number of methoxy groups -OCH3 is 1. The molecular weight excluding hydrogens is 351 g/mol. The molecule has 8 heteroatoms. The molecule has 0 atom stereocenters. The molecule has 0 unspecified atom stereocenters. The molecule has 7 nitrogen and oxygen atoms in total. The quantitative estimate of drug-likeness (QED) is 0.813. The van der Waals surface area contributed by atoms with E-state index in [1.165, 1.54) is 43.6 Å². The highest BCUT2D eigenvalue weighted by Gasteiger charge is 2.21. The van der Waals surface area contributed by atoms with E-state index in [1.54, 1.807) is 13.8 Å². The number of carbonyl (C=O) groups excluding carboxylic acids is 2. The van der Waals surface area contributed by atoms with Crippen molar-refractivity contribution in [2.75, 3.05) is 12.4 Å². The predicted octanol–water partition coefficient (Wildman–Crippen LogP) is 2.44. The normalized spacial score (nSPS) is 10.6. The van der Waals surface area contributed by atoms with E-state index in [0.29, 0.717) is 17.0 Å². The van der Waals surface area contributed by atoms with Crippen molar-refractivity contribution in [3.63, 3.8) is 0 Å². The van der Waals surface area contributed by atoms with Gasteiger partial charge in [0.15, 0.2) is 0 Å². The minimum atomic E-state index is -1.05. The highest BCUT2D eigenvalue weighted by atomic mass is 19.1. The van der Waals surface area contributed by atoms with Crippen molar-refractivity contribution >= 4 is 17.5 Å². The number of pyridine rings is 1. The van der Waals surface area contributed by atoms with Gasteiger partial charge in [0.05, 0.1) is 19.6 Å². The Balaban J connectivity index is 2.10. The summed E-state index contributed by atoms with van der Waals surface area (Å²) in [5.74, 6) is -1.01. The molecule has 0 aliphatic rings. The number of nitrogens with zero attached hydrogens (tertiary/aromatic N) is 2. The van der Waals surface area contributed by atoms with Crippen molar-refractivity contribution < 1.29 is 18.7 Å². The topological polar surface area (TPSA) is 104 Å². The number of anilines is 1. The highest BCUT2D eigenvalue weighted by molar-refractivity contribution is 5.96. The molecule has 0 bridgehead atoms. The number of nitriles is 1. The van der Waals surface area contributed by atoms with Gasteiger partial charge >= 0.3 is 0 Å². The summed E-state index contributed by atoms with van der Waals surface area (Å²) in [6, 6.07) is 8.80. The summed E-state index contributed by atoms with van der Waals surface area (Å²) in [5, 5.41) is 14.1. The van der Waals surface area contributed by atoms with Crippen molar-refractivity contribution in [2.45, 2.75) is 25.8 Å². The molecule has 1 heterocycles. The van der Waals surface area contributed by atoms with Crippen LogP contribution in [0.5, 0.6) is 5.75 Å². The lowest BCUT2D eigenvalue weighted by Gasteiger charge is -2.17. The first-order valence-corrected chi connectivity index (χ1v) is 8.06. The van der Waals surface area contributed by atoms with Crippen LogP contribution in [0.15, 0.2) is 36.5 Å². The lowest BCUT2D eigenvalue weighted by Crippen LogP contribution is -2.42. The monoisotopic (exact) mass is 370 g/mol. The summed E-state index contributed by atoms with van der Waals surface area (Å²) in [7, 11) is 1.44. The van der Waals surface area contributed by atoms with Gasteiger partial charge in [0.1, 0.15) is 22.8 Å². The van der Waals surface area contributed by atoms with E-state index in [4.69, 9.17) is 10.00 Å². The van der Waals surface area contributed by atoms with Gasteiger partial charge in [-0.15, -0.1) is 0 Å². The molecule has 0 aliphatic carbocycles. The van der Waals surface area contributed by atoms with Gasteiger partial charge in [-0.25, -0.2) is 4.39 Å². The highest BCUT2D eigenvalue weighted by Crippen LogP contribution is 2.20. The minimum absolute atomic E-state index is 0.0551. The predicted molar refractivity (Wildman–Crippen MR) is 96.7 cm³/mol. The van der Waals surface area contributed by atoms with Crippen LogP contribution in [0.4, 0.5) is 10.1 Å². The third-order valence-corrected chi connectivity index (χ3v) is 3.58. The van der Waals surface area contributed by atoms with E-state index in [0.717, 1.165) is 0 Å². The van der Waals surface area contributed by atoms with Crippen LogP contribution in [0.3, 0.4) is 0 Å². The Morgan fingerprint density at radius 3 is 2.70 bits per heavy atom. The van der Waals surface area contributed by atoms with Crippen molar-refractivity contribution in [1.29, 1.82) is 5.26 Å². The van der Waals surface area contributed by atoms with Gasteiger partial charge in [0.2, 0.25) is 5.91 Å². The summed E-state index contributed by atoms with van der Waals surface area (Å²) in [6.07, 6.45) is 1.26. The van der Waals surface area contributed by atoms with Gasteiger partial charge in [0.25, 0.3) is 5.91 Å². The molecule has 2 rings (SSSR count). The summed E-state index contributed by atoms with van der Waals surface area (Å²) in [4.78, 5) is 28.4. The Kier molecular flexibility index (Phi) is 6.08. The summed E-state index contributed by atoms with van der Waals surface area (Å²) in [5.41, 5.74) is -0.242. The molecular formula is C19H19FN4O3. The Hall–Kier alpha value is -3.47. The SMILES string of the molecule is COc1ccc(F)cc1CC(=O)Nc1ccnc(C(=O)NC(C)(C)C#N)c1. The van der Waals surface area contributed by atoms with E-state index in [1.807, 2.05) is 6.07 Å². The maximum Gasteiger partial charge on any atom is 0.271 e. The number of nitrogens with one attached hydrogen (secondary N) is 2. The third kappa shape index (κ3) is 5.51. The molecule has 0 saturated heterocycles. The average Bonchev–Trinajstić information content (AvgIpc) is 2.61. The van der Waals surface area contributed by atoms with Crippen molar-refractivity contribution in [3.8, 4) is 11.8 Å². The summed E-state index contributed by atoms with van der Waals surface area (Å²) in [6.45, 7) is 3.12. The number of aromatic nitrogens is 1. The van der Waals surface area contributed by atoms with Gasteiger partial charge in [-0.05, 0) is 44.2 Å². The van der Waals surface area contributed by atoms with E-state index < -0.39 is 23.2 Å². The fourth-order valence-electron chi connectivity index (χ4n) is 2.27. The number of carbonyl (C=O) groups is 2. The molecule has 0 radical (unpaired) electrons. The van der Waals surface area contributed by atoms with Crippen LogP contribution in [-0.2, 0) is 11.2 Å². The molecule has 0 spiro atoms. The number of benzene rings is 1. The zero-order valence-electron chi connectivity index (χ0n) is 15.2. The fourth-order valence-corrected chi connectivity index (χ4v) is 2.27. The molecule has 0 saturated carbocycles. The summed E-state index contributed by atoms with van der Waals surface area (Å²) >= 11 is 0. The first kappa shape index (κ1) is 19.8. The standard InChI is InChI=1S/C19H19FN4O3/c1-19(2,11-21)24-18(26)15-10-14(6-7-22-15)23-17(25)9-12-8-13(20)4-5-16(12)27-3/h4-8,10H,9H2,1-3H3,(H,24,26)(H,22,23,25). The smallest absolute Gasteiger partial charge is 0.271 e. The second-order valence-electron chi connectivity index (χ2n) is 6.30. The molecule has 2 N–H and O–H groups in total. The van der Waals surface area contributed by atoms with E-state index in [9.17, 15) is 14.0 Å². The lowest BCUT2D eigenvalue weighted by atomic mass is 10.1. The van der Waals surface area contributed by atoms with Crippen molar-refractivity contribution in [2.24, 2.45) is 0 Å². The molecule has 0 fully saturated rings. The maximum absolute atomic E-state index is 13.4. The van der Waals surface area contributed by atoms with Gasteiger partial charge in [-0.1, -0.05) is 0 Å². The van der Waals surface area contributed by atoms with Crippen molar-refractivity contribution in [1.82, 2.24) is 10.3 Å². The van der Waals surface area contributed by atoms with E-state index >= 15 is 0 Å². The Labute approximate surface area is 156 Å². The molecule has 27 heavy (non-hydrogen) atoms. The van der Waals surface area contributed by atoms with Gasteiger partial charge in [0, 0.05) is 17.4 Å². The zero-order valence-corrected chi connectivity index (χ0v) is 15.2. The van der Waals surface area contributed by atoms with Gasteiger partial charge in [-0.2, -0.15) is 5.26 Å². The second-order valence-corrected chi connectivity index (χ2v) is 6.30. The maximum atomic E-state index is 13.4. The first-order chi connectivity index (χ1) is 12.7. The zero-order chi connectivity index (χ0) is 20.0. The van der Waals surface area contributed by atoms with Crippen LogP contribution in [0.1, 0.15) is 29.9 Å². The Morgan fingerprint density at radius 2 is 2.04 bits per heavy atom. The Morgan fingerprint density at radius 1 is 1.30 bits per heavy atom. The van der Waals surface area contributed by atoms with E-state index in [-0.39, 0.29) is 12.1 Å². The number of halogens is 1. The fraction of sp³-hybridized carbons (Fsp3) is 0.263. The number of rotatable bonds is 6. The van der Waals surface area contributed by atoms with Crippen LogP contribution < -0.4 is 15.4 Å². The van der Waals surface area contributed by atoms with Crippen LogP contribution in [0.25, 0.3) is 0 Å². The third-order valence-electron chi connectivity index (χ3n) is 3.58. The number of hydrogen-bond acceptors (Lipinski definition) is 5. The lowest BCUT2D eigenvalue weighted by molar-refractivity contribution is -0.115. The van der Waals surface area contributed by atoms with Crippen molar-refractivity contribution in [3.05, 3.63) is 53.6 Å². The molecule has 1 aromatic carbocycles. The van der Waals surface area contributed by atoms with Crippen LogP contribution in [0.2, 0.25) is 0 Å². The van der Waals surface area contributed by atoms with Gasteiger partial charge < -0.3 is 15.4 Å². The first-order valence-electron chi connectivity index (χ1n) is 8.06. The van der Waals surface area contributed by atoms with Gasteiger partial charge in [-0.3, -0.25) is 14.6 Å². The van der Waals surface area contributed by atoms with Crippen LogP contribution in [0, 0.1) is 17.1 Å². The second kappa shape index (κ2) is 8.27. The molecule has 2 amide bonds. The summed E-state index contributed by atoms with van der Waals surface area (Å²) < 4.78 is 18.5.